The Morgan fingerprint density at radius 1 is 0.490 bits per heavy atom. The number of nitrogens with zero attached hydrogens (tertiary/aromatic N) is 2. The maximum Gasteiger partial charge on any atom is 0.0705 e. The van der Waals surface area contributed by atoms with Crippen LogP contribution in [0.3, 0.4) is 0 Å². The summed E-state index contributed by atoms with van der Waals surface area (Å²) in [4.78, 5) is 9.95. The Hall–Kier alpha value is -5.86. The lowest BCUT2D eigenvalue weighted by Gasteiger charge is -2.17. The molecule has 0 N–H and O–H groups in total. The van der Waals surface area contributed by atoms with Crippen LogP contribution in [0.4, 0.5) is 0 Å². The topological polar surface area (TPSA) is 25.8 Å². The zero-order valence-corrected chi connectivity index (χ0v) is 27.9. The third-order valence-corrected chi connectivity index (χ3v) is 10.5. The van der Waals surface area contributed by atoms with E-state index in [1.54, 1.807) is 0 Å². The molecule has 9 rings (SSSR count). The number of benzene rings is 5. The Kier molecular flexibility index (Phi) is 7.16. The SMILES string of the molecule is Cc1ccccc1-c1cccc(-c2ccc(-c3ccc4ccc(-c5ccc(C6=CCCC7=C6Cc6ccccc67)nc5)cc4c3)cn2)c1C. The van der Waals surface area contributed by atoms with Gasteiger partial charge in [-0.3, -0.25) is 9.97 Å². The van der Waals surface area contributed by atoms with Crippen molar-refractivity contribution < 1.29 is 0 Å². The van der Waals surface area contributed by atoms with E-state index in [-0.39, 0.29) is 0 Å². The van der Waals surface area contributed by atoms with Crippen LogP contribution in [0.5, 0.6) is 0 Å². The third kappa shape index (κ3) is 5.21. The number of aryl methyl sites for hydroxylation is 1. The van der Waals surface area contributed by atoms with E-state index in [9.17, 15) is 0 Å². The van der Waals surface area contributed by atoms with E-state index in [2.05, 4.69) is 147 Å². The molecule has 49 heavy (non-hydrogen) atoms. The Morgan fingerprint density at radius 3 is 1.84 bits per heavy atom. The van der Waals surface area contributed by atoms with Gasteiger partial charge in [-0.05, 0) is 129 Å². The first kappa shape index (κ1) is 29.3. The highest BCUT2D eigenvalue weighted by Crippen LogP contribution is 2.45. The minimum Gasteiger partial charge on any atom is -0.256 e. The second-order valence-electron chi connectivity index (χ2n) is 13.4. The van der Waals surface area contributed by atoms with Crippen LogP contribution in [0.25, 0.3) is 66.6 Å². The molecule has 0 fully saturated rings. The lowest BCUT2D eigenvalue weighted by Crippen LogP contribution is -1.99. The molecule has 0 spiro atoms. The van der Waals surface area contributed by atoms with Crippen molar-refractivity contribution in [1.29, 1.82) is 0 Å². The van der Waals surface area contributed by atoms with Crippen LogP contribution >= 0.6 is 0 Å². The number of rotatable bonds is 5. The van der Waals surface area contributed by atoms with Crippen LogP contribution in [0.1, 0.15) is 40.8 Å². The minimum atomic E-state index is 0.990. The molecule has 2 nitrogen and oxygen atoms in total. The molecule has 2 aliphatic rings. The molecule has 234 valence electrons. The molecule has 0 atom stereocenters. The maximum atomic E-state index is 5.00. The average Bonchev–Trinajstić information content (AvgIpc) is 3.54. The number of aromatic nitrogens is 2. The highest BCUT2D eigenvalue weighted by atomic mass is 14.7. The van der Waals surface area contributed by atoms with Gasteiger partial charge >= 0.3 is 0 Å². The molecule has 2 aromatic heterocycles. The highest BCUT2D eigenvalue weighted by molar-refractivity contribution is 5.95. The zero-order valence-electron chi connectivity index (χ0n) is 27.9. The van der Waals surface area contributed by atoms with Crippen LogP contribution in [-0.4, -0.2) is 9.97 Å². The van der Waals surface area contributed by atoms with Gasteiger partial charge in [0.15, 0.2) is 0 Å². The van der Waals surface area contributed by atoms with Crippen LogP contribution < -0.4 is 0 Å². The van der Waals surface area contributed by atoms with Crippen molar-refractivity contribution in [2.45, 2.75) is 33.1 Å². The molecule has 7 aromatic rings. The molecule has 0 unspecified atom stereocenters. The predicted octanol–water partition coefficient (Wildman–Crippen LogP) is 12.1. The molecule has 0 bridgehead atoms. The van der Waals surface area contributed by atoms with Gasteiger partial charge in [0.2, 0.25) is 0 Å². The number of hydrogen-bond donors (Lipinski definition) is 0. The normalized spacial score (nSPS) is 13.7. The summed E-state index contributed by atoms with van der Waals surface area (Å²) < 4.78 is 0. The largest absolute Gasteiger partial charge is 0.256 e. The first-order valence-electron chi connectivity index (χ1n) is 17.2. The van der Waals surface area contributed by atoms with Crippen molar-refractivity contribution in [2.75, 3.05) is 0 Å². The van der Waals surface area contributed by atoms with Crippen molar-refractivity contribution in [3.63, 3.8) is 0 Å². The molecule has 0 aliphatic heterocycles. The van der Waals surface area contributed by atoms with Gasteiger partial charge in [-0.25, -0.2) is 0 Å². The van der Waals surface area contributed by atoms with Crippen molar-refractivity contribution in [2.24, 2.45) is 0 Å². The molecule has 2 heteroatoms. The summed E-state index contributed by atoms with van der Waals surface area (Å²) >= 11 is 0. The summed E-state index contributed by atoms with van der Waals surface area (Å²) in [6.45, 7) is 4.37. The summed E-state index contributed by atoms with van der Waals surface area (Å²) in [6, 6.07) is 46.1. The van der Waals surface area contributed by atoms with Gasteiger partial charge in [0.25, 0.3) is 0 Å². The van der Waals surface area contributed by atoms with E-state index in [1.807, 2.05) is 12.4 Å². The number of fused-ring (bicyclic) bond motifs is 3. The van der Waals surface area contributed by atoms with Gasteiger partial charge < -0.3 is 0 Å². The quantitative estimate of drug-likeness (QED) is 0.190. The molecule has 5 aromatic carbocycles. The second kappa shape index (κ2) is 12.0. The van der Waals surface area contributed by atoms with E-state index in [1.165, 1.54) is 72.0 Å². The van der Waals surface area contributed by atoms with Crippen LogP contribution in [0.15, 0.2) is 151 Å². The Labute approximate surface area is 288 Å². The molecule has 0 amide bonds. The van der Waals surface area contributed by atoms with Gasteiger partial charge in [-0.1, -0.05) is 109 Å². The third-order valence-electron chi connectivity index (χ3n) is 10.5. The fourth-order valence-electron chi connectivity index (χ4n) is 7.85. The maximum absolute atomic E-state index is 5.00. The summed E-state index contributed by atoms with van der Waals surface area (Å²) in [5.41, 5.74) is 20.0. The van der Waals surface area contributed by atoms with E-state index in [0.29, 0.717) is 0 Å². The van der Waals surface area contributed by atoms with Crippen molar-refractivity contribution in [3.8, 4) is 44.6 Å². The van der Waals surface area contributed by atoms with E-state index in [4.69, 9.17) is 9.97 Å². The molecular weight excluding hydrogens is 593 g/mol. The number of hydrogen-bond acceptors (Lipinski definition) is 2. The molecule has 0 radical (unpaired) electrons. The first-order valence-corrected chi connectivity index (χ1v) is 17.2. The van der Waals surface area contributed by atoms with Crippen LogP contribution in [0.2, 0.25) is 0 Å². The zero-order chi connectivity index (χ0) is 32.9. The fraction of sp³-hybridized carbons (Fsp3) is 0.106. The molecule has 2 aliphatic carbocycles. The minimum absolute atomic E-state index is 0.990. The highest BCUT2D eigenvalue weighted by Gasteiger charge is 2.26. The van der Waals surface area contributed by atoms with Crippen molar-refractivity contribution >= 4 is 21.9 Å². The lowest BCUT2D eigenvalue weighted by atomic mass is 9.89. The molecule has 0 saturated heterocycles. The standard InChI is InChI=1S/C47H36N2/c1-30-9-3-5-11-39(30)40-13-7-14-41(31(40)2)46-23-21-36(28-48-46)33-19-17-32-18-20-34(26-38(32)25-33)37-22-24-47(49-29-37)44-16-8-15-43-42-12-6-4-10-35(42)27-45(43)44/h3-7,9-14,16-26,28-29H,8,15,27H2,1-2H3. The molecular formula is C47H36N2. The summed E-state index contributed by atoms with van der Waals surface area (Å²) in [5, 5.41) is 2.43. The second-order valence-corrected chi connectivity index (χ2v) is 13.4. The lowest BCUT2D eigenvalue weighted by molar-refractivity contribution is 1.04. The Morgan fingerprint density at radius 2 is 1.12 bits per heavy atom. The van der Waals surface area contributed by atoms with Crippen molar-refractivity contribution in [1.82, 2.24) is 9.97 Å². The fourth-order valence-corrected chi connectivity index (χ4v) is 7.85. The summed E-state index contributed by atoms with van der Waals surface area (Å²) in [6.07, 6.45) is 9.62. The van der Waals surface area contributed by atoms with Gasteiger partial charge in [0, 0.05) is 29.1 Å². The Balaban J connectivity index is 0.979. The Bertz CT molecular complexity index is 2460. The van der Waals surface area contributed by atoms with E-state index < -0.39 is 0 Å². The summed E-state index contributed by atoms with van der Waals surface area (Å²) in [5.74, 6) is 0. The molecule has 0 saturated carbocycles. The van der Waals surface area contributed by atoms with Gasteiger partial charge in [0.1, 0.15) is 0 Å². The van der Waals surface area contributed by atoms with E-state index in [0.717, 1.165) is 47.3 Å². The van der Waals surface area contributed by atoms with Gasteiger partial charge in [-0.15, -0.1) is 0 Å². The van der Waals surface area contributed by atoms with Crippen LogP contribution in [-0.2, 0) is 6.42 Å². The van der Waals surface area contributed by atoms with E-state index >= 15 is 0 Å². The van der Waals surface area contributed by atoms with Crippen LogP contribution in [0, 0.1) is 13.8 Å². The number of allylic oxidation sites excluding steroid dienone is 4. The first-order chi connectivity index (χ1) is 24.1. The summed E-state index contributed by atoms with van der Waals surface area (Å²) in [7, 11) is 0. The predicted molar refractivity (Wildman–Crippen MR) is 205 cm³/mol. The smallest absolute Gasteiger partial charge is 0.0705 e. The average molecular weight is 629 g/mol. The van der Waals surface area contributed by atoms with Crippen molar-refractivity contribution in [3.05, 3.63) is 179 Å². The monoisotopic (exact) mass is 628 g/mol. The molecule has 2 heterocycles. The van der Waals surface area contributed by atoms with Gasteiger partial charge in [0.05, 0.1) is 11.4 Å². The number of pyridine rings is 2. The van der Waals surface area contributed by atoms with Gasteiger partial charge in [-0.2, -0.15) is 0 Å².